The number of anilines is 2. The SMILES string of the molecule is COc1ccc(SCC(=O)Nc2cccc(N)c2C)cc1. The van der Waals surface area contributed by atoms with E-state index >= 15 is 0 Å². The zero-order valence-electron chi connectivity index (χ0n) is 12.1. The highest BCUT2D eigenvalue weighted by Crippen LogP contribution is 2.23. The van der Waals surface area contributed by atoms with Crippen molar-refractivity contribution >= 4 is 29.0 Å². The van der Waals surface area contributed by atoms with Crippen molar-refractivity contribution in [2.24, 2.45) is 0 Å². The molecule has 4 nitrogen and oxygen atoms in total. The molecule has 0 saturated heterocycles. The van der Waals surface area contributed by atoms with E-state index in [4.69, 9.17) is 10.5 Å². The molecule has 2 rings (SSSR count). The Bertz CT molecular complexity index is 627. The second kappa shape index (κ2) is 7.04. The Balaban J connectivity index is 1.91. The molecule has 0 heterocycles. The summed E-state index contributed by atoms with van der Waals surface area (Å²) in [4.78, 5) is 13.0. The highest BCUT2D eigenvalue weighted by atomic mass is 32.2. The molecule has 1 amide bonds. The zero-order valence-corrected chi connectivity index (χ0v) is 12.9. The first-order valence-corrected chi connectivity index (χ1v) is 7.50. The van der Waals surface area contributed by atoms with Crippen LogP contribution in [0, 0.1) is 6.92 Å². The molecule has 0 spiro atoms. The third kappa shape index (κ3) is 4.16. The molecule has 0 unspecified atom stereocenters. The molecular formula is C16H18N2O2S. The van der Waals surface area contributed by atoms with Gasteiger partial charge >= 0.3 is 0 Å². The molecule has 0 bridgehead atoms. The van der Waals surface area contributed by atoms with E-state index in [-0.39, 0.29) is 5.91 Å². The molecule has 2 aromatic carbocycles. The summed E-state index contributed by atoms with van der Waals surface area (Å²) in [6.45, 7) is 1.89. The van der Waals surface area contributed by atoms with Crippen LogP contribution >= 0.6 is 11.8 Å². The van der Waals surface area contributed by atoms with E-state index in [9.17, 15) is 4.79 Å². The highest BCUT2D eigenvalue weighted by Gasteiger charge is 2.07. The smallest absolute Gasteiger partial charge is 0.234 e. The highest BCUT2D eigenvalue weighted by molar-refractivity contribution is 8.00. The predicted octanol–water partition coefficient (Wildman–Crippen LogP) is 3.32. The zero-order chi connectivity index (χ0) is 15.2. The van der Waals surface area contributed by atoms with Crippen molar-refractivity contribution in [1.82, 2.24) is 0 Å². The topological polar surface area (TPSA) is 64.3 Å². The van der Waals surface area contributed by atoms with Gasteiger partial charge in [0.25, 0.3) is 0 Å². The monoisotopic (exact) mass is 302 g/mol. The Labute approximate surface area is 128 Å². The fourth-order valence-corrected chi connectivity index (χ4v) is 2.49. The fourth-order valence-electron chi connectivity index (χ4n) is 1.80. The second-order valence-corrected chi connectivity index (χ2v) is 5.58. The molecule has 0 aromatic heterocycles. The summed E-state index contributed by atoms with van der Waals surface area (Å²) in [6, 6.07) is 13.1. The van der Waals surface area contributed by atoms with Crippen molar-refractivity contribution in [3.63, 3.8) is 0 Å². The van der Waals surface area contributed by atoms with Gasteiger partial charge in [-0.2, -0.15) is 0 Å². The lowest BCUT2D eigenvalue weighted by Crippen LogP contribution is -2.15. The Morgan fingerprint density at radius 1 is 1.24 bits per heavy atom. The van der Waals surface area contributed by atoms with Crippen molar-refractivity contribution in [1.29, 1.82) is 0 Å². The fraction of sp³-hybridized carbons (Fsp3) is 0.188. The molecule has 3 N–H and O–H groups in total. The Morgan fingerprint density at radius 2 is 1.95 bits per heavy atom. The first-order chi connectivity index (χ1) is 10.1. The molecule has 0 aliphatic carbocycles. The van der Waals surface area contributed by atoms with E-state index < -0.39 is 0 Å². The van der Waals surface area contributed by atoms with Gasteiger partial charge < -0.3 is 15.8 Å². The number of hydrogen-bond donors (Lipinski definition) is 2. The van der Waals surface area contributed by atoms with Crippen molar-refractivity contribution < 1.29 is 9.53 Å². The van der Waals surface area contributed by atoms with E-state index in [1.54, 1.807) is 7.11 Å². The molecule has 0 saturated carbocycles. The van der Waals surface area contributed by atoms with Crippen molar-refractivity contribution in [3.05, 3.63) is 48.0 Å². The van der Waals surface area contributed by atoms with Crippen LogP contribution < -0.4 is 15.8 Å². The normalized spacial score (nSPS) is 10.2. The number of ether oxygens (including phenoxy) is 1. The summed E-state index contributed by atoms with van der Waals surface area (Å²) in [5.41, 5.74) is 8.15. The number of carbonyl (C=O) groups is 1. The van der Waals surface area contributed by atoms with Crippen LogP contribution in [0.3, 0.4) is 0 Å². The molecule has 0 aliphatic heterocycles. The number of amides is 1. The third-order valence-corrected chi connectivity index (χ3v) is 4.09. The number of methoxy groups -OCH3 is 1. The standard InChI is InChI=1S/C16H18N2O2S/c1-11-14(17)4-3-5-15(11)18-16(19)10-21-13-8-6-12(20-2)7-9-13/h3-9H,10,17H2,1-2H3,(H,18,19). The number of hydrogen-bond acceptors (Lipinski definition) is 4. The summed E-state index contributed by atoms with van der Waals surface area (Å²) in [5.74, 6) is 1.10. The van der Waals surface area contributed by atoms with Gasteiger partial charge in [0, 0.05) is 16.3 Å². The average Bonchev–Trinajstić information content (AvgIpc) is 2.50. The minimum absolute atomic E-state index is 0.0514. The van der Waals surface area contributed by atoms with Crippen LogP contribution in [0.4, 0.5) is 11.4 Å². The maximum atomic E-state index is 12.0. The van der Waals surface area contributed by atoms with Crippen molar-refractivity contribution in [2.45, 2.75) is 11.8 Å². The van der Waals surface area contributed by atoms with Crippen LogP contribution in [0.15, 0.2) is 47.4 Å². The van der Waals surface area contributed by atoms with Crippen LogP contribution in [0.2, 0.25) is 0 Å². The number of carbonyl (C=O) groups excluding carboxylic acids is 1. The number of thioether (sulfide) groups is 1. The first kappa shape index (κ1) is 15.3. The summed E-state index contributed by atoms with van der Waals surface area (Å²) in [6.07, 6.45) is 0. The molecule has 0 aliphatic rings. The number of rotatable bonds is 5. The lowest BCUT2D eigenvalue weighted by molar-refractivity contribution is -0.113. The molecule has 0 fully saturated rings. The molecule has 110 valence electrons. The van der Waals surface area contributed by atoms with Gasteiger partial charge in [0.1, 0.15) is 5.75 Å². The molecule has 21 heavy (non-hydrogen) atoms. The number of nitrogens with one attached hydrogen (secondary N) is 1. The lowest BCUT2D eigenvalue weighted by atomic mass is 10.1. The van der Waals surface area contributed by atoms with Gasteiger partial charge in [-0.3, -0.25) is 4.79 Å². The average molecular weight is 302 g/mol. The number of nitrogen functional groups attached to an aromatic ring is 1. The maximum absolute atomic E-state index is 12.0. The van der Waals surface area contributed by atoms with Crippen LogP contribution in [-0.2, 0) is 4.79 Å². The third-order valence-electron chi connectivity index (χ3n) is 3.08. The van der Waals surface area contributed by atoms with E-state index in [2.05, 4.69) is 5.32 Å². The number of benzene rings is 2. The lowest BCUT2D eigenvalue weighted by Gasteiger charge is -2.10. The van der Waals surface area contributed by atoms with Gasteiger partial charge in [-0.15, -0.1) is 11.8 Å². The van der Waals surface area contributed by atoms with Gasteiger partial charge in [-0.05, 0) is 48.9 Å². The van der Waals surface area contributed by atoms with Crippen LogP contribution in [0.25, 0.3) is 0 Å². The Kier molecular flexibility index (Phi) is 5.11. The summed E-state index contributed by atoms with van der Waals surface area (Å²) in [7, 11) is 1.63. The van der Waals surface area contributed by atoms with Gasteiger partial charge in [0.05, 0.1) is 12.9 Å². The van der Waals surface area contributed by atoms with E-state index in [0.717, 1.165) is 21.9 Å². The van der Waals surface area contributed by atoms with Gasteiger partial charge in [0.2, 0.25) is 5.91 Å². The van der Waals surface area contributed by atoms with Gasteiger partial charge in [-0.25, -0.2) is 0 Å². The Morgan fingerprint density at radius 3 is 2.62 bits per heavy atom. The summed E-state index contributed by atoms with van der Waals surface area (Å²) in [5, 5.41) is 2.88. The molecule has 0 radical (unpaired) electrons. The maximum Gasteiger partial charge on any atom is 0.234 e. The minimum atomic E-state index is -0.0514. The minimum Gasteiger partial charge on any atom is -0.497 e. The van der Waals surface area contributed by atoms with Gasteiger partial charge in [0.15, 0.2) is 0 Å². The number of nitrogens with two attached hydrogens (primary N) is 1. The van der Waals surface area contributed by atoms with Crippen LogP contribution in [-0.4, -0.2) is 18.8 Å². The molecule has 2 aromatic rings. The molecule has 5 heteroatoms. The first-order valence-electron chi connectivity index (χ1n) is 6.52. The summed E-state index contributed by atoms with van der Waals surface area (Å²) < 4.78 is 5.10. The summed E-state index contributed by atoms with van der Waals surface area (Å²) >= 11 is 1.48. The predicted molar refractivity (Wildman–Crippen MR) is 87.9 cm³/mol. The van der Waals surface area contributed by atoms with E-state index in [0.29, 0.717) is 11.4 Å². The van der Waals surface area contributed by atoms with Crippen LogP contribution in [0.1, 0.15) is 5.56 Å². The second-order valence-electron chi connectivity index (χ2n) is 4.53. The van der Waals surface area contributed by atoms with E-state index in [1.165, 1.54) is 11.8 Å². The molecule has 0 atom stereocenters. The largest absolute Gasteiger partial charge is 0.497 e. The van der Waals surface area contributed by atoms with E-state index in [1.807, 2.05) is 49.4 Å². The van der Waals surface area contributed by atoms with Crippen LogP contribution in [0.5, 0.6) is 5.75 Å². The molecular weight excluding hydrogens is 284 g/mol. The van der Waals surface area contributed by atoms with Crippen molar-refractivity contribution in [3.8, 4) is 5.75 Å². The van der Waals surface area contributed by atoms with Gasteiger partial charge in [-0.1, -0.05) is 6.07 Å². The van der Waals surface area contributed by atoms with Crippen molar-refractivity contribution in [2.75, 3.05) is 23.9 Å². The quantitative estimate of drug-likeness (QED) is 0.657. The Hall–Kier alpha value is -2.14.